The molecule has 0 bridgehead atoms. The second-order valence-electron chi connectivity index (χ2n) is 15.2. The number of unbranched alkanes of at least 4 members (excludes halogenated alkanes) is 6. The monoisotopic (exact) mass is 892 g/mol. The van der Waals surface area contributed by atoms with Crippen molar-refractivity contribution in [3.05, 3.63) is 141 Å². The molecule has 0 spiro atoms. The SMILES string of the molecule is CCCCCCc1cc(/C=C(/C#N)C(=O)O)sc1-c1cc2sc3cc(-c4sc(/C=C/c5ccc(N(c6ccccc6)c6ccccc6)cc5)cc4CCCCCC)sc3c2s1. The molecule has 5 aromatic heterocycles. The molecule has 0 saturated heterocycles. The largest absolute Gasteiger partial charge is 0.477 e. The molecule has 8 aromatic rings. The van der Waals surface area contributed by atoms with E-state index in [0.29, 0.717) is 0 Å². The summed E-state index contributed by atoms with van der Waals surface area (Å²) in [5.41, 5.74) is 7.01. The van der Waals surface area contributed by atoms with Gasteiger partial charge >= 0.3 is 5.97 Å². The zero-order valence-corrected chi connectivity index (χ0v) is 38.6. The average Bonchev–Trinajstić information content (AvgIpc) is 4.11. The van der Waals surface area contributed by atoms with Crippen molar-refractivity contribution in [2.75, 3.05) is 4.90 Å². The Bertz CT molecular complexity index is 2790. The van der Waals surface area contributed by atoms with E-state index in [9.17, 15) is 15.2 Å². The van der Waals surface area contributed by atoms with Gasteiger partial charge in [-0.15, -0.1) is 56.7 Å². The summed E-state index contributed by atoms with van der Waals surface area (Å²) >= 11 is 9.15. The van der Waals surface area contributed by atoms with E-state index < -0.39 is 5.97 Å². The number of thiophene rings is 5. The Morgan fingerprint density at radius 3 is 1.62 bits per heavy atom. The van der Waals surface area contributed by atoms with Crippen LogP contribution in [0.2, 0.25) is 0 Å². The molecule has 0 saturated carbocycles. The first-order valence-electron chi connectivity index (χ1n) is 21.2. The number of anilines is 3. The minimum Gasteiger partial charge on any atom is -0.477 e. The van der Waals surface area contributed by atoms with Crippen LogP contribution in [0.1, 0.15) is 91.7 Å². The van der Waals surface area contributed by atoms with E-state index in [0.717, 1.165) is 41.2 Å². The molecule has 3 aromatic carbocycles. The fourth-order valence-corrected chi connectivity index (χ4v) is 14.2. The number of hydrogen-bond donors (Lipinski definition) is 1. The molecule has 8 rings (SSSR count). The standard InChI is InChI=1S/C52H48N2O2S5/c1-3-5-7-11-17-36-29-42(28-25-35-23-26-41(27-24-35)54(39-19-13-9-14-20-39)40-21-15-10-16-22-40)57-48(36)44-32-46-50(60-44)51-47(59-46)33-45(61-51)49-37(18-12-8-6-4-2)30-43(58-49)31-38(34-53)52(55)56/h9-10,13-16,19-33H,3-8,11-12,17-18H2,1-2H3,(H,55,56)/b28-25+,38-31-. The van der Waals surface area contributed by atoms with Crippen LogP contribution < -0.4 is 4.90 Å². The highest BCUT2D eigenvalue weighted by molar-refractivity contribution is 7.41. The quantitative estimate of drug-likeness (QED) is 0.0499. The van der Waals surface area contributed by atoms with Crippen molar-refractivity contribution < 1.29 is 9.90 Å². The third kappa shape index (κ3) is 10.0. The van der Waals surface area contributed by atoms with Crippen LogP contribution in [0.25, 0.3) is 56.5 Å². The Morgan fingerprint density at radius 2 is 1.11 bits per heavy atom. The summed E-state index contributed by atoms with van der Waals surface area (Å²) in [6.07, 6.45) is 17.7. The molecule has 0 unspecified atom stereocenters. The molecule has 9 heteroatoms. The third-order valence-electron chi connectivity index (χ3n) is 10.8. The lowest BCUT2D eigenvalue weighted by molar-refractivity contribution is -0.132. The highest BCUT2D eigenvalue weighted by atomic mass is 32.1. The van der Waals surface area contributed by atoms with Gasteiger partial charge in [0.05, 0.1) is 9.40 Å². The van der Waals surface area contributed by atoms with Crippen LogP contribution in [0.5, 0.6) is 0 Å². The molecule has 0 fully saturated rings. The average molecular weight is 893 g/mol. The number of nitrogens with zero attached hydrogens (tertiary/aromatic N) is 2. The minimum atomic E-state index is -1.19. The molecule has 0 radical (unpaired) electrons. The van der Waals surface area contributed by atoms with Gasteiger partial charge in [0, 0.05) is 55.7 Å². The molecular formula is C52H48N2O2S5. The Morgan fingerprint density at radius 1 is 0.607 bits per heavy atom. The number of nitriles is 1. The lowest BCUT2D eigenvalue weighted by Crippen LogP contribution is -2.09. The number of carboxylic acid groups (broad SMARTS) is 1. The van der Waals surface area contributed by atoms with Crippen LogP contribution in [0, 0.1) is 11.3 Å². The minimum absolute atomic E-state index is 0.231. The Hall–Kier alpha value is -5.08. The molecule has 5 heterocycles. The molecule has 0 amide bonds. The Labute approximate surface area is 379 Å². The van der Waals surface area contributed by atoms with Gasteiger partial charge in [0.1, 0.15) is 11.6 Å². The second-order valence-corrected chi connectivity index (χ2v) is 20.6. The first-order valence-corrected chi connectivity index (χ1v) is 25.3. The number of carboxylic acids is 1. The first kappa shape index (κ1) is 42.6. The number of benzene rings is 3. The van der Waals surface area contributed by atoms with Crippen molar-refractivity contribution in [3.8, 4) is 25.6 Å². The summed E-state index contributed by atoms with van der Waals surface area (Å²) in [4.78, 5) is 21.2. The van der Waals surface area contributed by atoms with Gasteiger partial charge in [-0.3, -0.25) is 0 Å². The van der Waals surface area contributed by atoms with Gasteiger partial charge in [0.2, 0.25) is 0 Å². The topological polar surface area (TPSA) is 64.3 Å². The second kappa shape index (κ2) is 20.2. The van der Waals surface area contributed by atoms with Crippen molar-refractivity contribution >= 4 is 117 Å². The molecule has 0 aliphatic carbocycles. The predicted octanol–water partition coefficient (Wildman–Crippen LogP) is 17.5. The maximum absolute atomic E-state index is 11.7. The molecular weight excluding hydrogens is 845 g/mol. The highest BCUT2D eigenvalue weighted by Crippen LogP contribution is 2.51. The fraction of sp³-hybridized carbons (Fsp3) is 0.231. The van der Waals surface area contributed by atoms with E-state index in [4.69, 9.17) is 0 Å². The summed E-state index contributed by atoms with van der Waals surface area (Å²) in [7, 11) is 0. The van der Waals surface area contributed by atoms with Crippen molar-refractivity contribution in [1.29, 1.82) is 5.26 Å². The zero-order valence-electron chi connectivity index (χ0n) is 34.5. The van der Waals surface area contributed by atoms with E-state index in [2.05, 4.69) is 140 Å². The first-order chi connectivity index (χ1) is 29.9. The van der Waals surface area contributed by atoms with Crippen molar-refractivity contribution in [2.45, 2.75) is 78.1 Å². The Balaban J connectivity index is 1.08. The summed E-state index contributed by atoms with van der Waals surface area (Å²) in [5, 5.41) is 19.0. The van der Waals surface area contributed by atoms with Gasteiger partial charge in [0.25, 0.3) is 0 Å². The van der Waals surface area contributed by atoms with Gasteiger partial charge in [-0.2, -0.15) is 5.26 Å². The van der Waals surface area contributed by atoms with Crippen LogP contribution >= 0.6 is 56.7 Å². The summed E-state index contributed by atoms with van der Waals surface area (Å²) < 4.78 is 5.33. The summed E-state index contributed by atoms with van der Waals surface area (Å²) in [6.45, 7) is 4.49. The number of carbonyl (C=O) groups is 1. The molecule has 308 valence electrons. The van der Waals surface area contributed by atoms with Crippen LogP contribution in [0.3, 0.4) is 0 Å². The third-order valence-corrected chi connectivity index (χ3v) is 17.2. The van der Waals surface area contributed by atoms with Crippen molar-refractivity contribution in [2.24, 2.45) is 0 Å². The molecule has 1 N–H and O–H groups in total. The van der Waals surface area contributed by atoms with Gasteiger partial charge < -0.3 is 10.0 Å². The number of hydrogen-bond acceptors (Lipinski definition) is 8. The molecule has 4 nitrogen and oxygen atoms in total. The van der Waals surface area contributed by atoms with Crippen molar-refractivity contribution in [1.82, 2.24) is 0 Å². The lowest BCUT2D eigenvalue weighted by atomic mass is 10.1. The van der Waals surface area contributed by atoms with E-state index in [-0.39, 0.29) is 5.57 Å². The van der Waals surface area contributed by atoms with Crippen LogP contribution in [-0.2, 0) is 17.6 Å². The van der Waals surface area contributed by atoms with E-state index in [1.165, 1.54) is 111 Å². The van der Waals surface area contributed by atoms with Gasteiger partial charge in [-0.1, -0.05) is 107 Å². The maximum Gasteiger partial charge on any atom is 0.346 e. The molecule has 0 aliphatic rings. The van der Waals surface area contributed by atoms with Gasteiger partial charge in [0.15, 0.2) is 0 Å². The number of fused-ring (bicyclic) bond motifs is 3. The summed E-state index contributed by atoms with van der Waals surface area (Å²) in [6, 6.07) is 41.0. The number of para-hydroxylation sites is 2. The smallest absolute Gasteiger partial charge is 0.346 e. The van der Waals surface area contributed by atoms with E-state index in [1.54, 1.807) is 11.3 Å². The zero-order chi connectivity index (χ0) is 42.1. The van der Waals surface area contributed by atoms with Gasteiger partial charge in [-0.25, -0.2) is 4.79 Å². The molecule has 0 aliphatic heterocycles. The van der Waals surface area contributed by atoms with Crippen molar-refractivity contribution in [3.63, 3.8) is 0 Å². The number of aryl methyl sites for hydroxylation is 2. The highest BCUT2D eigenvalue weighted by Gasteiger charge is 2.21. The lowest BCUT2D eigenvalue weighted by Gasteiger charge is -2.25. The van der Waals surface area contributed by atoms with Crippen LogP contribution in [0.4, 0.5) is 17.1 Å². The number of aliphatic carboxylic acids is 1. The normalized spacial score (nSPS) is 11.9. The summed E-state index contributed by atoms with van der Waals surface area (Å²) in [5.74, 6) is -1.19. The maximum atomic E-state index is 11.7. The van der Waals surface area contributed by atoms with Crippen LogP contribution in [0.15, 0.2) is 115 Å². The van der Waals surface area contributed by atoms with E-state index >= 15 is 0 Å². The molecule has 0 atom stereocenters. The number of rotatable bonds is 19. The van der Waals surface area contributed by atoms with Gasteiger partial charge in [-0.05, 0) is 115 Å². The fourth-order valence-electron chi connectivity index (χ4n) is 7.68. The predicted molar refractivity (Wildman–Crippen MR) is 269 cm³/mol. The molecule has 61 heavy (non-hydrogen) atoms. The Kier molecular flexibility index (Phi) is 14.1. The van der Waals surface area contributed by atoms with E-state index in [1.807, 2.05) is 51.4 Å². The van der Waals surface area contributed by atoms with Crippen LogP contribution in [-0.4, -0.2) is 11.1 Å².